The summed E-state index contributed by atoms with van der Waals surface area (Å²) >= 11 is 0. The van der Waals surface area contributed by atoms with Gasteiger partial charge in [0, 0.05) is 29.8 Å². The van der Waals surface area contributed by atoms with E-state index < -0.39 is 0 Å². The molecule has 0 amide bonds. The lowest BCUT2D eigenvalue weighted by Crippen LogP contribution is -2.16. The van der Waals surface area contributed by atoms with E-state index in [9.17, 15) is 0 Å². The van der Waals surface area contributed by atoms with Gasteiger partial charge in [-0.2, -0.15) is 0 Å². The number of aromatic nitrogens is 2. The van der Waals surface area contributed by atoms with Crippen molar-refractivity contribution in [3.63, 3.8) is 0 Å². The van der Waals surface area contributed by atoms with Gasteiger partial charge >= 0.3 is 0 Å². The van der Waals surface area contributed by atoms with Crippen LogP contribution in [0.5, 0.6) is 0 Å². The fraction of sp³-hybridized carbons (Fsp3) is 0.636. The molecule has 0 unspecified atom stereocenters. The molecule has 0 aliphatic carbocycles. The van der Waals surface area contributed by atoms with Crippen LogP contribution in [0.25, 0.3) is 0 Å². The van der Waals surface area contributed by atoms with Crippen molar-refractivity contribution in [2.24, 2.45) is 0 Å². The van der Waals surface area contributed by atoms with Gasteiger partial charge in [0.15, 0.2) is 0 Å². The Kier molecular flexibility index (Phi) is 3.58. The van der Waals surface area contributed by atoms with Crippen LogP contribution < -0.4 is 5.32 Å². The van der Waals surface area contributed by atoms with Gasteiger partial charge in [0.25, 0.3) is 0 Å². The maximum absolute atomic E-state index is 4.29. The summed E-state index contributed by atoms with van der Waals surface area (Å²) in [5.74, 6) is 0. The summed E-state index contributed by atoms with van der Waals surface area (Å²) in [7, 11) is 1.95. The third-order valence-electron chi connectivity index (χ3n) is 2.12. The van der Waals surface area contributed by atoms with Crippen molar-refractivity contribution < 1.29 is 0 Å². The maximum atomic E-state index is 4.29. The number of hydrogen-bond acceptors (Lipinski definition) is 3. The van der Waals surface area contributed by atoms with E-state index in [4.69, 9.17) is 0 Å². The Morgan fingerprint density at radius 1 is 1.29 bits per heavy atom. The summed E-state index contributed by atoms with van der Waals surface area (Å²) in [6.45, 7) is 7.45. The highest BCUT2D eigenvalue weighted by Crippen LogP contribution is 2.19. The second-order valence-corrected chi connectivity index (χ2v) is 4.50. The van der Waals surface area contributed by atoms with E-state index in [1.165, 1.54) is 0 Å². The summed E-state index contributed by atoms with van der Waals surface area (Å²) in [5, 5.41) is 3.11. The molecule has 1 N–H and O–H groups in total. The fourth-order valence-corrected chi connectivity index (χ4v) is 1.20. The van der Waals surface area contributed by atoms with Gasteiger partial charge in [-0.05, 0) is 13.1 Å². The zero-order valence-electron chi connectivity index (χ0n) is 9.46. The molecule has 0 aliphatic rings. The molecular formula is C11H19N3. The maximum Gasteiger partial charge on any atom is 0.115 e. The molecule has 0 radical (unpaired) electrons. The Bertz CT molecular complexity index is 289. The molecule has 78 valence electrons. The van der Waals surface area contributed by atoms with Crippen LogP contribution in [0.15, 0.2) is 12.4 Å². The molecule has 0 bridgehead atoms. The Morgan fingerprint density at radius 3 is 2.57 bits per heavy atom. The van der Waals surface area contributed by atoms with Crippen molar-refractivity contribution >= 4 is 0 Å². The molecule has 14 heavy (non-hydrogen) atoms. The second kappa shape index (κ2) is 4.51. The Hall–Kier alpha value is -0.960. The van der Waals surface area contributed by atoms with E-state index in [0.717, 1.165) is 24.4 Å². The molecule has 0 aliphatic heterocycles. The molecule has 0 spiro atoms. The van der Waals surface area contributed by atoms with Crippen molar-refractivity contribution in [1.29, 1.82) is 0 Å². The van der Waals surface area contributed by atoms with Crippen LogP contribution in [0.4, 0.5) is 0 Å². The lowest BCUT2D eigenvalue weighted by molar-refractivity contribution is 0.564. The number of hydrogen-bond donors (Lipinski definition) is 1. The molecule has 1 rings (SSSR count). The van der Waals surface area contributed by atoms with E-state index in [1.807, 2.05) is 7.05 Å². The largest absolute Gasteiger partial charge is 0.319 e. The molecule has 3 heteroatoms. The van der Waals surface area contributed by atoms with Crippen LogP contribution in [0.2, 0.25) is 0 Å². The first-order chi connectivity index (χ1) is 6.54. The SMILES string of the molecule is CNCCc1cc(C(C)(C)C)ncn1. The Morgan fingerprint density at radius 2 is 2.00 bits per heavy atom. The second-order valence-electron chi connectivity index (χ2n) is 4.50. The van der Waals surface area contributed by atoms with E-state index >= 15 is 0 Å². The lowest BCUT2D eigenvalue weighted by Gasteiger charge is -2.17. The van der Waals surface area contributed by atoms with Gasteiger partial charge in [-0.3, -0.25) is 0 Å². The normalized spacial score (nSPS) is 11.7. The van der Waals surface area contributed by atoms with Gasteiger partial charge in [-0.15, -0.1) is 0 Å². The first-order valence-electron chi connectivity index (χ1n) is 5.00. The highest BCUT2D eigenvalue weighted by molar-refractivity contribution is 5.15. The van der Waals surface area contributed by atoms with E-state index in [2.05, 4.69) is 42.1 Å². The molecule has 0 aromatic carbocycles. The smallest absolute Gasteiger partial charge is 0.115 e. The van der Waals surface area contributed by atoms with Crippen LogP contribution in [-0.4, -0.2) is 23.6 Å². The minimum atomic E-state index is 0.108. The summed E-state index contributed by atoms with van der Waals surface area (Å²) in [6.07, 6.45) is 2.62. The van der Waals surface area contributed by atoms with Crippen molar-refractivity contribution in [3.8, 4) is 0 Å². The summed E-state index contributed by atoms with van der Waals surface area (Å²) in [5.41, 5.74) is 2.33. The molecule has 0 fully saturated rings. The molecule has 1 aromatic heterocycles. The minimum absolute atomic E-state index is 0.108. The average Bonchev–Trinajstić information content (AvgIpc) is 2.14. The van der Waals surface area contributed by atoms with Crippen LogP contribution in [0.3, 0.4) is 0 Å². The van der Waals surface area contributed by atoms with E-state index in [-0.39, 0.29) is 5.41 Å². The van der Waals surface area contributed by atoms with Gasteiger partial charge < -0.3 is 5.32 Å². The number of likely N-dealkylation sites (N-methyl/N-ethyl adjacent to an activating group) is 1. The monoisotopic (exact) mass is 193 g/mol. The molecule has 0 saturated heterocycles. The topological polar surface area (TPSA) is 37.8 Å². The quantitative estimate of drug-likeness (QED) is 0.791. The molecule has 1 heterocycles. The summed E-state index contributed by atoms with van der Waals surface area (Å²) in [4.78, 5) is 8.53. The highest BCUT2D eigenvalue weighted by atomic mass is 14.9. The molecule has 0 atom stereocenters. The van der Waals surface area contributed by atoms with Crippen LogP contribution in [0, 0.1) is 0 Å². The van der Waals surface area contributed by atoms with Gasteiger partial charge in [0.05, 0.1) is 0 Å². The number of rotatable bonds is 3. The zero-order valence-corrected chi connectivity index (χ0v) is 9.46. The molecule has 3 nitrogen and oxygen atoms in total. The van der Waals surface area contributed by atoms with Crippen LogP contribution >= 0.6 is 0 Å². The summed E-state index contributed by atoms with van der Waals surface area (Å²) in [6, 6.07) is 2.09. The molecule has 1 aromatic rings. The standard InChI is InChI=1S/C11H19N3/c1-11(2,3)10-7-9(5-6-12-4)13-8-14-10/h7-8,12H,5-6H2,1-4H3. The first-order valence-corrected chi connectivity index (χ1v) is 5.00. The Balaban J connectivity index is 2.79. The molecule has 0 saturated carbocycles. The third kappa shape index (κ3) is 3.07. The van der Waals surface area contributed by atoms with Crippen LogP contribution in [-0.2, 0) is 11.8 Å². The lowest BCUT2D eigenvalue weighted by atomic mass is 9.91. The van der Waals surface area contributed by atoms with Gasteiger partial charge in [-0.1, -0.05) is 20.8 Å². The van der Waals surface area contributed by atoms with Crippen molar-refractivity contribution in [2.75, 3.05) is 13.6 Å². The Labute approximate surface area is 86.0 Å². The van der Waals surface area contributed by atoms with E-state index in [0.29, 0.717) is 0 Å². The third-order valence-corrected chi connectivity index (χ3v) is 2.12. The van der Waals surface area contributed by atoms with Crippen molar-refractivity contribution in [2.45, 2.75) is 32.6 Å². The fourth-order valence-electron chi connectivity index (χ4n) is 1.20. The zero-order chi connectivity index (χ0) is 10.6. The van der Waals surface area contributed by atoms with Crippen molar-refractivity contribution in [1.82, 2.24) is 15.3 Å². The van der Waals surface area contributed by atoms with Crippen molar-refractivity contribution in [3.05, 3.63) is 23.8 Å². The predicted octanol–water partition coefficient (Wildman–Crippen LogP) is 1.54. The predicted molar refractivity (Wildman–Crippen MR) is 58.4 cm³/mol. The van der Waals surface area contributed by atoms with E-state index in [1.54, 1.807) is 6.33 Å². The summed E-state index contributed by atoms with van der Waals surface area (Å²) < 4.78 is 0. The molecular weight excluding hydrogens is 174 g/mol. The average molecular weight is 193 g/mol. The van der Waals surface area contributed by atoms with Gasteiger partial charge in [0.2, 0.25) is 0 Å². The number of nitrogens with zero attached hydrogens (tertiary/aromatic N) is 2. The highest BCUT2D eigenvalue weighted by Gasteiger charge is 2.15. The van der Waals surface area contributed by atoms with Gasteiger partial charge in [0.1, 0.15) is 6.33 Å². The van der Waals surface area contributed by atoms with Crippen LogP contribution in [0.1, 0.15) is 32.2 Å². The first kappa shape index (κ1) is 11.1. The van der Waals surface area contributed by atoms with Gasteiger partial charge in [-0.25, -0.2) is 9.97 Å². The number of nitrogens with one attached hydrogen (secondary N) is 1. The minimum Gasteiger partial charge on any atom is -0.319 e.